The molecule has 66 valence electrons. The molecule has 1 atom stereocenters. The van der Waals surface area contributed by atoms with Crippen LogP contribution in [0.1, 0.15) is 11.5 Å². The van der Waals surface area contributed by atoms with Gasteiger partial charge in [0.2, 0.25) is 0 Å². The standard InChI is InChI=1S/C10H13ClO/c1-12-8-10(7-11)9-5-3-2-4-6-9/h2-6,10H,7-8H2,1H3. The van der Waals surface area contributed by atoms with E-state index in [1.54, 1.807) is 7.11 Å². The smallest absolute Gasteiger partial charge is 0.0542 e. The Morgan fingerprint density at radius 3 is 2.50 bits per heavy atom. The van der Waals surface area contributed by atoms with Gasteiger partial charge in [-0.25, -0.2) is 0 Å². The van der Waals surface area contributed by atoms with Gasteiger partial charge in [-0.15, -0.1) is 11.6 Å². The van der Waals surface area contributed by atoms with Crippen molar-refractivity contribution in [2.45, 2.75) is 5.92 Å². The van der Waals surface area contributed by atoms with Crippen molar-refractivity contribution in [3.63, 3.8) is 0 Å². The van der Waals surface area contributed by atoms with Crippen LogP contribution in [0.3, 0.4) is 0 Å². The van der Waals surface area contributed by atoms with E-state index in [-0.39, 0.29) is 0 Å². The molecule has 0 N–H and O–H groups in total. The maximum Gasteiger partial charge on any atom is 0.0542 e. The van der Waals surface area contributed by atoms with Crippen LogP contribution >= 0.6 is 11.6 Å². The molecular weight excluding hydrogens is 172 g/mol. The normalized spacial score (nSPS) is 12.8. The Labute approximate surface area is 78.3 Å². The molecule has 0 amide bonds. The lowest BCUT2D eigenvalue weighted by Crippen LogP contribution is -2.07. The first-order valence-corrected chi connectivity index (χ1v) is 4.51. The van der Waals surface area contributed by atoms with E-state index >= 15 is 0 Å². The van der Waals surface area contributed by atoms with Gasteiger partial charge in [-0.05, 0) is 5.56 Å². The lowest BCUT2D eigenvalue weighted by Gasteiger charge is -2.12. The van der Waals surface area contributed by atoms with E-state index in [0.29, 0.717) is 18.4 Å². The monoisotopic (exact) mass is 184 g/mol. The van der Waals surface area contributed by atoms with Gasteiger partial charge >= 0.3 is 0 Å². The second-order valence-electron chi connectivity index (χ2n) is 2.72. The van der Waals surface area contributed by atoms with Crippen LogP contribution in [0.15, 0.2) is 30.3 Å². The number of methoxy groups -OCH3 is 1. The summed E-state index contributed by atoms with van der Waals surface area (Å²) >= 11 is 5.80. The molecule has 1 aromatic carbocycles. The molecule has 0 fully saturated rings. The van der Waals surface area contributed by atoms with Crippen molar-refractivity contribution in [1.82, 2.24) is 0 Å². The van der Waals surface area contributed by atoms with E-state index in [4.69, 9.17) is 16.3 Å². The molecule has 1 unspecified atom stereocenters. The summed E-state index contributed by atoms with van der Waals surface area (Å²) in [6.45, 7) is 0.688. The van der Waals surface area contributed by atoms with Crippen molar-refractivity contribution in [3.8, 4) is 0 Å². The minimum Gasteiger partial charge on any atom is -0.384 e. The highest BCUT2D eigenvalue weighted by molar-refractivity contribution is 6.18. The van der Waals surface area contributed by atoms with Crippen molar-refractivity contribution in [2.24, 2.45) is 0 Å². The maximum absolute atomic E-state index is 5.80. The molecule has 0 saturated carbocycles. The Morgan fingerprint density at radius 1 is 1.33 bits per heavy atom. The zero-order chi connectivity index (χ0) is 8.81. The topological polar surface area (TPSA) is 9.23 Å². The Balaban J connectivity index is 2.66. The number of benzene rings is 1. The van der Waals surface area contributed by atoms with Crippen LogP contribution in [0.2, 0.25) is 0 Å². The molecule has 0 heterocycles. The molecule has 0 aliphatic carbocycles. The largest absolute Gasteiger partial charge is 0.384 e. The average molecular weight is 185 g/mol. The van der Waals surface area contributed by atoms with Gasteiger partial charge in [0.25, 0.3) is 0 Å². The van der Waals surface area contributed by atoms with Crippen molar-refractivity contribution in [3.05, 3.63) is 35.9 Å². The summed E-state index contributed by atoms with van der Waals surface area (Å²) < 4.78 is 5.06. The van der Waals surface area contributed by atoms with Crippen LogP contribution in [0, 0.1) is 0 Å². The molecule has 1 rings (SSSR count). The summed E-state index contributed by atoms with van der Waals surface area (Å²) in [7, 11) is 1.70. The van der Waals surface area contributed by atoms with E-state index in [9.17, 15) is 0 Å². The number of hydrogen-bond acceptors (Lipinski definition) is 1. The maximum atomic E-state index is 5.80. The predicted octanol–water partition coefficient (Wildman–Crippen LogP) is 2.66. The van der Waals surface area contributed by atoms with Crippen LogP contribution in [-0.4, -0.2) is 19.6 Å². The van der Waals surface area contributed by atoms with Gasteiger partial charge in [0.15, 0.2) is 0 Å². The SMILES string of the molecule is COCC(CCl)c1ccccc1. The van der Waals surface area contributed by atoms with Gasteiger partial charge in [-0.2, -0.15) is 0 Å². The number of halogens is 1. The first-order chi connectivity index (χ1) is 5.88. The van der Waals surface area contributed by atoms with Crippen LogP contribution in [0.25, 0.3) is 0 Å². The molecular formula is C10H13ClO. The van der Waals surface area contributed by atoms with E-state index < -0.39 is 0 Å². The molecule has 0 saturated heterocycles. The molecule has 0 radical (unpaired) electrons. The summed E-state index contributed by atoms with van der Waals surface area (Å²) in [4.78, 5) is 0. The molecule has 0 aliphatic rings. The predicted molar refractivity (Wildman–Crippen MR) is 51.8 cm³/mol. The lowest BCUT2D eigenvalue weighted by molar-refractivity contribution is 0.185. The van der Waals surface area contributed by atoms with Crippen LogP contribution in [-0.2, 0) is 4.74 Å². The van der Waals surface area contributed by atoms with Gasteiger partial charge in [0.1, 0.15) is 0 Å². The number of rotatable bonds is 4. The highest BCUT2D eigenvalue weighted by atomic mass is 35.5. The third-order valence-electron chi connectivity index (χ3n) is 1.83. The second-order valence-corrected chi connectivity index (χ2v) is 3.03. The van der Waals surface area contributed by atoms with Gasteiger partial charge < -0.3 is 4.74 Å². The minimum absolute atomic E-state index is 0.317. The van der Waals surface area contributed by atoms with Crippen molar-refractivity contribution < 1.29 is 4.74 Å². The molecule has 12 heavy (non-hydrogen) atoms. The fraction of sp³-hybridized carbons (Fsp3) is 0.400. The summed E-state index contributed by atoms with van der Waals surface area (Å²) in [6.07, 6.45) is 0. The third kappa shape index (κ3) is 2.50. The first-order valence-electron chi connectivity index (χ1n) is 3.98. The highest BCUT2D eigenvalue weighted by Crippen LogP contribution is 2.16. The number of ether oxygens (including phenoxy) is 1. The zero-order valence-corrected chi connectivity index (χ0v) is 7.92. The molecule has 0 aromatic heterocycles. The van der Waals surface area contributed by atoms with Crippen molar-refractivity contribution >= 4 is 11.6 Å². The molecule has 0 aliphatic heterocycles. The summed E-state index contributed by atoms with van der Waals surface area (Å²) in [5.41, 5.74) is 1.24. The Hall–Kier alpha value is -0.530. The van der Waals surface area contributed by atoms with Crippen LogP contribution < -0.4 is 0 Å². The van der Waals surface area contributed by atoms with Gasteiger partial charge in [-0.3, -0.25) is 0 Å². The Morgan fingerprint density at radius 2 is 2.00 bits per heavy atom. The lowest BCUT2D eigenvalue weighted by atomic mass is 10.0. The molecule has 1 nitrogen and oxygen atoms in total. The fourth-order valence-corrected chi connectivity index (χ4v) is 1.42. The zero-order valence-electron chi connectivity index (χ0n) is 7.16. The summed E-state index contributed by atoms with van der Waals surface area (Å²) in [5, 5.41) is 0. The van der Waals surface area contributed by atoms with Crippen LogP contribution in [0.4, 0.5) is 0 Å². The fourth-order valence-electron chi connectivity index (χ4n) is 1.16. The van der Waals surface area contributed by atoms with Crippen molar-refractivity contribution in [1.29, 1.82) is 0 Å². The number of hydrogen-bond donors (Lipinski definition) is 0. The van der Waals surface area contributed by atoms with Gasteiger partial charge in [0, 0.05) is 18.9 Å². The molecule has 1 aromatic rings. The quantitative estimate of drug-likeness (QED) is 0.654. The molecule has 0 bridgehead atoms. The van der Waals surface area contributed by atoms with E-state index in [0.717, 1.165) is 0 Å². The van der Waals surface area contributed by atoms with Gasteiger partial charge in [-0.1, -0.05) is 30.3 Å². The van der Waals surface area contributed by atoms with Crippen molar-refractivity contribution in [2.75, 3.05) is 19.6 Å². The molecule has 0 spiro atoms. The van der Waals surface area contributed by atoms with E-state index in [1.165, 1.54) is 5.56 Å². The Kier molecular flexibility index (Phi) is 4.12. The first kappa shape index (κ1) is 9.56. The third-order valence-corrected chi connectivity index (χ3v) is 2.20. The molecule has 2 heteroatoms. The summed E-state index contributed by atoms with van der Waals surface area (Å²) in [5.74, 6) is 0.926. The Bertz CT molecular complexity index is 210. The van der Waals surface area contributed by atoms with E-state index in [1.807, 2.05) is 18.2 Å². The number of alkyl halides is 1. The van der Waals surface area contributed by atoms with Crippen LogP contribution in [0.5, 0.6) is 0 Å². The van der Waals surface area contributed by atoms with Gasteiger partial charge in [0.05, 0.1) is 6.61 Å². The summed E-state index contributed by atoms with van der Waals surface area (Å²) in [6, 6.07) is 10.2. The minimum atomic E-state index is 0.317. The second kappa shape index (κ2) is 5.18. The average Bonchev–Trinajstić information content (AvgIpc) is 2.15. The van der Waals surface area contributed by atoms with E-state index in [2.05, 4.69) is 12.1 Å². The highest BCUT2D eigenvalue weighted by Gasteiger charge is 2.08.